The SMILES string of the molecule is CCCCC(O)c1cn(C(=O)OC(C)(C)C)c2ccc(OC)cc12. The van der Waals surface area contributed by atoms with Crippen molar-refractivity contribution in [2.24, 2.45) is 0 Å². The van der Waals surface area contributed by atoms with Crippen LogP contribution in [0.2, 0.25) is 0 Å². The lowest BCUT2D eigenvalue weighted by Crippen LogP contribution is -2.26. The monoisotopic (exact) mass is 333 g/mol. The maximum atomic E-state index is 12.5. The molecule has 1 aromatic carbocycles. The van der Waals surface area contributed by atoms with Gasteiger partial charge in [-0.25, -0.2) is 4.79 Å². The summed E-state index contributed by atoms with van der Waals surface area (Å²) in [7, 11) is 1.60. The predicted molar refractivity (Wildman–Crippen MR) is 94.6 cm³/mol. The highest BCUT2D eigenvalue weighted by Gasteiger charge is 2.23. The third-order valence-electron chi connectivity index (χ3n) is 3.82. The number of aliphatic hydroxyl groups excluding tert-OH is 1. The molecule has 0 fully saturated rings. The normalized spacial score (nSPS) is 13.1. The molecule has 2 aromatic rings. The Bertz CT molecular complexity index is 712. The molecule has 1 aromatic heterocycles. The molecule has 24 heavy (non-hydrogen) atoms. The first-order valence-electron chi connectivity index (χ1n) is 8.37. The number of aromatic nitrogens is 1. The van der Waals surface area contributed by atoms with E-state index >= 15 is 0 Å². The number of hydrogen-bond acceptors (Lipinski definition) is 4. The molecule has 0 aliphatic heterocycles. The summed E-state index contributed by atoms with van der Waals surface area (Å²) in [5.41, 5.74) is 0.847. The van der Waals surface area contributed by atoms with Gasteiger partial charge in [0.05, 0.1) is 18.7 Å². The molecule has 0 aliphatic carbocycles. The lowest BCUT2D eigenvalue weighted by molar-refractivity contribution is 0.0543. The number of hydrogen-bond donors (Lipinski definition) is 1. The molecule has 5 heteroatoms. The van der Waals surface area contributed by atoms with Crippen molar-refractivity contribution >= 4 is 17.0 Å². The molecule has 0 saturated heterocycles. The van der Waals surface area contributed by atoms with Gasteiger partial charge in [0.25, 0.3) is 0 Å². The summed E-state index contributed by atoms with van der Waals surface area (Å²) in [5, 5.41) is 11.3. The molecular weight excluding hydrogens is 306 g/mol. The van der Waals surface area contributed by atoms with Crippen LogP contribution in [0.15, 0.2) is 24.4 Å². The molecule has 1 N–H and O–H groups in total. The second-order valence-corrected chi connectivity index (χ2v) is 6.98. The zero-order valence-corrected chi connectivity index (χ0v) is 15.1. The Hall–Kier alpha value is -2.01. The summed E-state index contributed by atoms with van der Waals surface area (Å²) < 4.78 is 12.2. The van der Waals surface area contributed by atoms with Crippen LogP contribution >= 0.6 is 0 Å². The van der Waals surface area contributed by atoms with E-state index in [2.05, 4.69) is 6.92 Å². The van der Waals surface area contributed by atoms with Crippen LogP contribution in [0.3, 0.4) is 0 Å². The smallest absolute Gasteiger partial charge is 0.419 e. The van der Waals surface area contributed by atoms with Crippen LogP contribution in [0.1, 0.15) is 58.6 Å². The van der Waals surface area contributed by atoms with Crippen LogP contribution in [0, 0.1) is 0 Å². The maximum Gasteiger partial charge on any atom is 0.419 e. The van der Waals surface area contributed by atoms with Crippen molar-refractivity contribution < 1.29 is 19.4 Å². The van der Waals surface area contributed by atoms with Crippen LogP contribution in [0.25, 0.3) is 10.9 Å². The van der Waals surface area contributed by atoms with Gasteiger partial charge in [0, 0.05) is 17.1 Å². The third-order valence-corrected chi connectivity index (χ3v) is 3.82. The van der Waals surface area contributed by atoms with Gasteiger partial charge in [0.1, 0.15) is 11.4 Å². The number of carbonyl (C=O) groups excluding carboxylic acids is 1. The fraction of sp³-hybridized carbons (Fsp3) is 0.526. The number of aliphatic hydroxyl groups is 1. The summed E-state index contributed by atoms with van der Waals surface area (Å²) in [6.07, 6.45) is 3.18. The molecule has 0 spiro atoms. The summed E-state index contributed by atoms with van der Waals surface area (Å²) >= 11 is 0. The molecule has 0 bridgehead atoms. The lowest BCUT2D eigenvalue weighted by atomic mass is 10.0. The number of carbonyl (C=O) groups is 1. The van der Waals surface area contributed by atoms with Crippen LogP contribution in [0.4, 0.5) is 4.79 Å². The van der Waals surface area contributed by atoms with Gasteiger partial charge >= 0.3 is 6.09 Å². The van der Waals surface area contributed by atoms with E-state index in [1.54, 1.807) is 19.4 Å². The molecule has 1 atom stereocenters. The number of rotatable bonds is 5. The molecule has 1 unspecified atom stereocenters. The molecule has 0 amide bonds. The second-order valence-electron chi connectivity index (χ2n) is 6.98. The zero-order chi connectivity index (χ0) is 17.9. The number of nitrogens with zero attached hydrogens (tertiary/aromatic N) is 1. The van der Waals surface area contributed by atoms with Gasteiger partial charge < -0.3 is 14.6 Å². The highest BCUT2D eigenvalue weighted by atomic mass is 16.6. The molecule has 132 valence electrons. The van der Waals surface area contributed by atoms with Crippen molar-refractivity contribution in [1.29, 1.82) is 0 Å². The number of unbranched alkanes of at least 4 members (excludes halogenated alkanes) is 1. The number of fused-ring (bicyclic) bond motifs is 1. The predicted octanol–water partition coefficient (Wildman–Crippen LogP) is 4.66. The van der Waals surface area contributed by atoms with Crippen LogP contribution < -0.4 is 4.74 Å². The Labute approximate surface area is 143 Å². The van der Waals surface area contributed by atoms with E-state index in [-0.39, 0.29) is 0 Å². The van der Waals surface area contributed by atoms with Crippen molar-refractivity contribution in [3.63, 3.8) is 0 Å². The first-order valence-corrected chi connectivity index (χ1v) is 8.37. The topological polar surface area (TPSA) is 60.7 Å². The molecule has 2 rings (SSSR count). The van der Waals surface area contributed by atoms with Crippen molar-refractivity contribution in [3.8, 4) is 5.75 Å². The largest absolute Gasteiger partial charge is 0.497 e. The molecule has 0 saturated carbocycles. The average Bonchev–Trinajstić information content (AvgIpc) is 2.89. The van der Waals surface area contributed by atoms with Gasteiger partial charge in [-0.2, -0.15) is 0 Å². The van der Waals surface area contributed by atoms with Gasteiger partial charge in [0.2, 0.25) is 0 Å². The lowest BCUT2D eigenvalue weighted by Gasteiger charge is -2.19. The highest BCUT2D eigenvalue weighted by molar-refractivity contribution is 5.93. The molecule has 5 nitrogen and oxygen atoms in total. The van der Waals surface area contributed by atoms with E-state index in [0.29, 0.717) is 17.7 Å². The number of methoxy groups -OCH3 is 1. The average molecular weight is 333 g/mol. The maximum absolute atomic E-state index is 12.5. The first-order chi connectivity index (χ1) is 11.3. The van der Waals surface area contributed by atoms with E-state index in [9.17, 15) is 9.90 Å². The Morgan fingerprint density at radius 1 is 1.33 bits per heavy atom. The highest BCUT2D eigenvalue weighted by Crippen LogP contribution is 2.32. The van der Waals surface area contributed by atoms with E-state index in [1.165, 1.54) is 4.57 Å². The molecule has 0 aliphatic rings. The number of benzene rings is 1. The summed E-state index contributed by atoms with van der Waals surface area (Å²) in [5.74, 6) is 0.688. The Morgan fingerprint density at radius 2 is 2.04 bits per heavy atom. The van der Waals surface area contributed by atoms with Crippen molar-refractivity contribution in [2.75, 3.05) is 7.11 Å². The van der Waals surface area contributed by atoms with E-state index < -0.39 is 17.8 Å². The molecular formula is C19H27NO4. The van der Waals surface area contributed by atoms with Gasteiger partial charge in [-0.3, -0.25) is 4.57 Å². The van der Waals surface area contributed by atoms with Crippen molar-refractivity contribution in [3.05, 3.63) is 30.0 Å². The second kappa shape index (κ2) is 7.26. The van der Waals surface area contributed by atoms with E-state index in [1.807, 2.05) is 32.9 Å². The zero-order valence-electron chi connectivity index (χ0n) is 15.1. The fourth-order valence-electron chi connectivity index (χ4n) is 2.64. The first kappa shape index (κ1) is 18.3. The molecule has 0 radical (unpaired) electrons. The Morgan fingerprint density at radius 3 is 2.62 bits per heavy atom. The quantitative estimate of drug-likeness (QED) is 0.864. The summed E-state index contributed by atoms with van der Waals surface area (Å²) in [6.45, 7) is 7.57. The summed E-state index contributed by atoms with van der Waals surface area (Å²) in [6, 6.07) is 5.46. The van der Waals surface area contributed by atoms with Gasteiger partial charge in [0.15, 0.2) is 0 Å². The minimum Gasteiger partial charge on any atom is -0.497 e. The Kier molecular flexibility index (Phi) is 5.54. The third kappa shape index (κ3) is 4.09. The Balaban J connectivity index is 2.50. The van der Waals surface area contributed by atoms with Crippen LogP contribution in [-0.4, -0.2) is 28.5 Å². The van der Waals surface area contributed by atoms with Crippen molar-refractivity contribution in [2.45, 2.75) is 58.7 Å². The van der Waals surface area contributed by atoms with Gasteiger partial charge in [-0.15, -0.1) is 0 Å². The van der Waals surface area contributed by atoms with Crippen LogP contribution in [0.5, 0.6) is 5.75 Å². The number of ether oxygens (including phenoxy) is 2. The fourth-order valence-corrected chi connectivity index (χ4v) is 2.64. The van der Waals surface area contributed by atoms with Crippen LogP contribution in [-0.2, 0) is 4.74 Å². The van der Waals surface area contributed by atoms with Gasteiger partial charge in [-0.05, 0) is 45.4 Å². The van der Waals surface area contributed by atoms with Gasteiger partial charge in [-0.1, -0.05) is 19.8 Å². The van der Waals surface area contributed by atoms with E-state index in [0.717, 1.165) is 23.8 Å². The molecule has 1 heterocycles. The van der Waals surface area contributed by atoms with Crippen molar-refractivity contribution in [1.82, 2.24) is 4.57 Å². The van der Waals surface area contributed by atoms with E-state index in [4.69, 9.17) is 9.47 Å². The minimum atomic E-state index is -0.622. The minimum absolute atomic E-state index is 0.452. The standard InChI is InChI=1S/C19H27NO4/c1-6-7-8-17(21)15-12-20(18(22)24-19(2,3)4)16-10-9-13(23-5)11-14(15)16/h9-12,17,21H,6-8H2,1-5H3. The summed E-state index contributed by atoms with van der Waals surface area (Å²) in [4.78, 5) is 12.5.